The lowest BCUT2D eigenvalue weighted by Gasteiger charge is -2.08. The summed E-state index contributed by atoms with van der Waals surface area (Å²) in [5.74, 6) is 1.45. The number of thioether (sulfide) groups is 1. The van der Waals surface area contributed by atoms with Crippen molar-refractivity contribution in [3.8, 4) is 0 Å². The molecule has 0 aromatic heterocycles. The number of nitrogens with one attached hydrogen (secondary N) is 1. The lowest BCUT2D eigenvalue weighted by atomic mass is 10.2. The molecule has 1 rings (SSSR count). The Morgan fingerprint density at radius 2 is 2.05 bits per heavy atom. The summed E-state index contributed by atoms with van der Waals surface area (Å²) in [5.41, 5.74) is 1.23. The monoisotopic (exact) mass is 359 g/mol. The molecule has 0 radical (unpaired) electrons. The molecule has 0 heterocycles. The van der Waals surface area contributed by atoms with Gasteiger partial charge in [0.05, 0.1) is 11.9 Å². The zero-order valence-corrected chi connectivity index (χ0v) is 14.4. The summed E-state index contributed by atoms with van der Waals surface area (Å²) in [6.45, 7) is 5.41. The summed E-state index contributed by atoms with van der Waals surface area (Å²) in [5, 5.41) is 2.90. The SMILES string of the molecule is CC(C)OCCCNC(=O)CSCc1ccc(Br)cc1. The highest BCUT2D eigenvalue weighted by atomic mass is 79.9. The van der Waals surface area contributed by atoms with Gasteiger partial charge in [0.15, 0.2) is 0 Å². The van der Waals surface area contributed by atoms with Crippen molar-refractivity contribution in [2.75, 3.05) is 18.9 Å². The number of amides is 1. The van der Waals surface area contributed by atoms with Gasteiger partial charge in [-0.2, -0.15) is 0 Å². The van der Waals surface area contributed by atoms with E-state index in [-0.39, 0.29) is 12.0 Å². The van der Waals surface area contributed by atoms with Crippen molar-refractivity contribution < 1.29 is 9.53 Å². The molecule has 0 spiro atoms. The van der Waals surface area contributed by atoms with E-state index in [1.807, 2.05) is 26.0 Å². The van der Waals surface area contributed by atoms with Gasteiger partial charge in [-0.25, -0.2) is 0 Å². The van der Waals surface area contributed by atoms with Crippen molar-refractivity contribution in [3.05, 3.63) is 34.3 Å². The topological polar surface area (TPSA) is 38.3 Å². The molecule has 1 aromatic rings. The minimum absolute atomic E-state index is 0.0941. The minimum Gasteiger partial charge on any atom is -0.379 e. The Morgan fingerprint density at radius 3 is 2.70 bits per heavy atom. The Balaban J connectivity index is 2.04. The molecule has 112 valence electrons. The molecule has 5 heteroatoms. The van der Waals surface area contributed by atoms with Crippen LogP contribution < -0.4 is 5.32 Å². The van der Waals surface area contributed by atoms with Gasteiger partial charge in [0.1, 0.15) is 0 Å². The number of carbonyl (C=O) groups excluding carboxylic acids is 1. The molecular formula is C15H22BrNO2S. The number of halogens is 1. The zero-order valence-electron chi connectivity index (χ0n) is 12.0. The van der Waals surface area contributed by atoms with Crippen molar-refractivity contribution in [1.29, 1.82) is 0 Å². The molecule has 1 aromatic carbocycles. The Kier molecular flexibility index (Phi) is 8.98. The number of ether oxygens (including phenoxy) is 1. The highest BCUT2D eigenvalue weighted by molar-refractivity contribution is 9.10. The van der Waals surface area contributed by atoms with Crippen molar-refractivity contribution in [3.63, 3.8) is 0 Å². The van der Waals surface area contributed by atoms with E-state index in [0.717, 1.165) is 16.6 Å². The number of rotatable bonds is 9. The lowest BCUT2D eigenvalue weighted by Crippen LogP contribution is -2.27. The number of hydrogen-bond acceptors (Lipinski definition) is 3. The maximum absolute atomic E-state index is 11.6. The first-order valence-corrected chi connectivity index (χ1v) is 8.73. The molecule has 0 aliphatic carbocycles. The summed E-state index contributed by atoms with van der Waals surface area (Å²) >= 11 is 5.04. The van der Waals surface area contributed by atoms with Gasteiger partial charge in [-0.05, 0) is 38.0 Å². The number of carbonyl (C=O) groups is 1. The number of hydrogen-bond donors (Lipinski definition) is 1. The normalized spacial score (nSPS) is 10.8. The Bertz CT molecular complexity index is 395. The van der Waals surface area contributed by atoms with Crippen LogP contribution in [0.4, 0.5) is 0 Å². The molecule has 0 bridgehead atoms. The Hall–Kier alpha value is -0.520. The lowest BCUT2D eigenvalue weighted by molar-refractivity contribution is -0.118. The van der Waals surface area contributed by atoms with Crippen LogP contribution in [-0.2, 0) is 15.3 Å². The van der Waals surface area contributed by atoms with Crippen molar-refractivity contribution in [1.82, 2.24) is 5.32 Å². The predicted octanol–water partition coefficient (Wildman–Crippen LogP) is 3.61. The fraction of sp³-hybridized carbons (Fsp3) is 0.533. The van der Waals surface area contributed by atoms with E-state index < -0.39 is 0 Å². The molecule has 0 aliphatic rings. The van der Waals surface area contributed by atoms with Gasteiger partial charge in [-0.3, -0.25) is 4.79 Å². The van der Waals surface area contributed by atoms with Crippen LogP contribution >= 0.6 is 27.7 Å². The van der Waals surface area contributed by atoms with E-state index in [2.05, 4.69) is 33.4 Å². The van der Waals surface area contributed by atoms with Gasteiger partial charge in [0, 0.05) is 23.4 Å². The summed E-state index contributed by atoms with van der Waals surface area (Å²) < 4.78 is 6.49. The first-order valence-electron chi connectivity index (χ1n) is 6.78. The molecule has 0 saturated carbocycles. The second-order valence-electron chi connectivity index (χ2n) is 4.74. The molecule has 0 fully saturated rings. The van der Waals surface area contributed by atoms with Crippen LogP contribution in [0.5, 0.6) is 0 Å². The first kappa shape index (κ1) is 17.5. The van der Waals surface area contributed by atoms with E-state index in [1.54, 1.807) is 11.8 Å². The predicted molar refractivity (Wildman–Crippen MR) is 89.0 cm³/mol. The van der Waals surface area contributed by atoms with Gasteiger partial charge < -0.3 is 10.1 Å². The maximum Gasteiger partial charge on any atom is 0.230 e. The quantitative estimate of drug-likeness (QED) is 0.684. The average Bonchev–Trinajstić information content (AvgIpc) is 2.40. The zero-order chi connectivity index (χ0) is 14.8. The average molecular weight is 360 g/mol. The summed E-state index contributed by atoms with van der Waals surface area (Å²) in [6.07, 6.45) is 1.12. The second-order valence-corrected chi connectivity index (χ2v) is 6.64. The minimum atomic E-state index is 0.0941. The third-order valence-corrected chi connectivity index (χ3v) is 4.04. The van der Waals surface area contributed by atoms with E-state index in [1.165, 1.54) is 5.56 Å². The van der Waals surface area contributed by atoms with Crippen LogP contribution in [0, 0.1) is 0 Å². The van der Waals surface area contributed by atoms with Crippen molar-refractivity contribution in [2.24, 2.45) is 0 Å². The molecule has 1 N–H and O–H groups in total. The van der Waals surface area contributed by atoms with Gasteiger partial charge in [0.25, 0.3) is 0 Å². The van der Waals surface area contributed by atoms with Crippen molar-refractivity contribution >= 4 is 33.6 Å². The molecule has 0 unspecified atom stereocenters. The van der Waals surface area contributed by atoms with Crippen LogP contribution in [0.1, 0.15) is 25.8 Å². The largest absolute Gasteiger partial charge is 0.379 e. The molecule has 3 nitrogen and oxygen atoms in total. The second kappa shape index (κ2) is 10.2. The van der Waals surface area contributed by atoms with E-state index >= 15 is 0 Å². The van der Waals surface area contributed by atoms with E-state index in [0.29, 0.717) is 18.9 Å². The molecule has 0 atom stereocenters. The van der Waals surface area contributed by atoms with E-state index in [9.17, 15) is 4.79 Å². The fourth-order valence-corrected chi connectivity index (χ4v) is 2.59. The van der Waals surface area contributed by atoms with E-state index in [4.69, 9.17) is 4.74 Å². The van der Waals surface area contributed by atoms with Crippen LogP contribution in [-0.4, -0.2) is 30.9 Å². The third kappa shape index (κ3) is 8.61. The first-order chi connectivity index (χ1) is 9.58. The van der Waals surface area contributed by atoms with Gasteiger partial charge >= 0.3 is 0 Å². The Labute approximate surface area is 134 Å². The smallest absolute Gasteiger partial charge is 0.230 e. The van der Waals surface area contributed by atoms with Crippen LogP contribution in [0.3, 0.4) is 0 Å². The number of benzene rings is 1. The highest BCUT2D eigenvalue weighted by Crippen LogP contribution is 2.15. The fourth-order valence-electron chi connectivity index (χ4n) is 1.51. The Morgan fingerprint density at radius 1 is 1.35 bits per heavy atom. The highest BCUT2D eigenvalue weighted by Gasteiger charge is 2.02. The van der Waals surface area contributed by atoms with Crippen LogP contribution in [0.2, 0.25) is 0 Å². The summed E-state index contributed by atoms with van der Waals surface area (Å²) in [4.78, 5) is 11.6. The van der Waals surface area contributed by atoms with Crippen LogP contribution in [0.15, 0.2) is 28.7 Å². The molecule has 20 heavy (non-hydrogen) atoms. The summed E-state index contributed by atoms with van der Waals surface area (Å²) in [6, 6.07) is 8.17. The van der Waals surface area contributed by atoms with Crippen LogP contribution in [0.25, 0.3) is 0 Å². The molecule has 0 aliphatic heterocycles. The standard InChI is InChI=1S/C15H22BrNO2S/c1-12(2)19-9-3-8-17-15(18)11-20-10-13-4-6-14(16)7-5-13/h4-7,12H,3,8-11H2,1-2H3,(H,17,18). The molecule has 0 saturated heterocycles. The summed E-state index contributed by atoms with van der Waals surface area (Å²) in [7, 11) is 0. The molecular weight excluding hydrogens is 338 g/mol. The third-order valence-electron chi connectivity index (χ3n) is 2.51. The van der Waals surface area contributed by atoms with Gasteiger partial charge in [-0.15, -0.1) is 11.8 Å². The van der Waals surface area contributed by atoms with Crippen molar-refractivity contribution in [2.45, 2.75) is 32.1 Å². The molecule has 1 amide bonds. The van der Waals surface area contributed by atoms with Gasteiger partial charge in [0.2, 0.25) is 5.91 Å². The van der Waals surface area contributed by atoms with Gasteiger partial charge in [-0.1, -0.05) is 28.1 Å². The maximum atomic E-state index is 11.6.